The van der Waals surface area contributed by atoms with Gasteiger partial charge in [0.1, 0.15) is 0 Å². The summed E-state index contributed by atoms with van der Waals surface area (Å²) in [4.78, 5) is 16.9. The Morgan fingerprint density at radius 3 is 2.43 bits per heavy atom. The van der Waals surface area contributed by atoms with Crippen molar-refractivity contribution in [3.63, 3.8) is 0 Å². The van der Waals surface area contributed by atoms with E-state index in [4.69, 9.17) is 0 Å². The predicted molar refractivity (Wildman–Crippen MR) is 87.3 cm³/mol. The smallest absolute Gasteiger partial charge is 0.222 e. The van der Waals surface area contributed by atoms with Gasteiger partial charge in [-0.2, -0.15) is 0 Å². The molecule has 1 N–H and O–H groups in total. The minimum atomic E-state index is 0.101. The molecule has 0 radical (unpaired) electrons. The van der Waals surface area contributed by atoms with E-state index in [1.54, 1.807) is 0 Å². The molecule has 0 aliphatic carbocycles. The number of likely N-dealkylation sites (tertiary alicyclic amines) is 2. The number of carbonyl (C=O) groups is 1. The molecular weight excluding hydrogens is 262 g/mol. The van der Waals surface area contributed by atoms with E-state index in [1.165, 1.54) is 64.8 Å². The van der Waals surface area contributed by atoms with Crippen molar-refractivity contribution in [1.29, 1.82) is 0 Å². The van der Waals surface area contributed by atoms with Crippen LogP contribution in [0.15, 0.2) is 0 Å². The highest BCUT2D eigenvalue weighted by Crippen LogP contribution is 2.16. The monoisotopic (exact) mass is 295 g/mol. The molecule has 2 saturated heterocycles. The Morgan fingerprint density at radius 1 is 1.05 bits per heavy atom. The minimum absolute atomic E-state index is 0.101. The van der Waals surface area contributed by atoms with Crippen molar-refractivity contribution in [1.82, 2.24) is 15.1 Å². The minimum Gasteiger partial charge on any atom is -0.356 e. The van der Waals surface area contributed by atoms with Crippen LogP contribution in [-0.2, 0) is 4.79 Å². The highest BCUT2D eigenvalue weighted by atomic mass is 16.1. The number of hydrogen-bond donors (Lipinski definition) is 1. The maximum Gasteiger partial charge on any atom is 0.222 e. The summed E-state index contributed by atoms with van der Waals surface area (Å²) in [5, 5.41) is 3.10. The third-order valence-corrected chi connectivity index (χ3v) is 4.87. The van der Waals surface area contributed by atoms with Gasteiger partial charge in [0.25, 0.3) is 0 Å². The Morgan fingerprint density at radius 2 is 1.71 bits per heavy atom. The SMILES string of the molecule is CC(C)C(=O)NCC1CCCN(CCN2CCCCC2)C1. The zero-order chi connectivity index (χ0) is 15.1. The largest absolute Gasteiger partial charge is 0.356 e. The van der Waals surface area contributed by atoms with Gasteiger partial charge in [-0.1, -0.05) is 20.3 Å². The molecule has 0 bridgehead atoms. The lowest BCUT2D eigenvalue weighted by Gasteiger charge is -2.35. The van der Waals surface area contributed by atoms with E-state index in [1.807, 2.05) is 13.8 Å². The number of hydrogen-bond acceptors (Lipinski definition) is 3. The highest BCUT2D eigenvalue weighted by molar-refractivity contribution is 5.77. The summed E-state index contributed by atoms with van der Waals surface area (Å²) in [5.41, 5.74) is 0. The fraction of sp³-hybridized carbons (Fsp3) is 0.941. The standard InChI is InChI=1S/C17H33N3O/c1-15(2)17(21)18-13-16-7-6-10-20(14-16)12-11-19-8-4-3-5-9-19/h15-16H,3-14H2,1-2H3,(H,18,21). The third-order valence-electron chi connectivity index (χ3n) is 4.87. The molecule has 0 spiro atoms. The van der Waals surface area contributed by atoms with Gasteiger partial charge in [-0.25, -0.2) is 0 Å². The summed E-state index contributed by atoms with van der Waals surface area (Å²) in [6, 6.07) is 0. The van der Waals surface area contributed by atoms with Crippen LogP contribution in [0.3, 0.4) is 0 Å². The van der Waals surface area contributed by atoms with E-state index >= 15 is 0 Å². The molecule has 1 atom stereocenters. The summed E-state index contributed by atoms with van der Waals surface area (Å²) < 4.78 is 0. The van der Waals surface area contributed by atoms with Gasteiger partial charge >= 0.3 is 0 Å². The van der Waals surface area contributed by atoms with E-state index in [0.717, 1.165) is 13.1 Å². The molecule has 2 aliphatic heterocycles. The van der Waals surface area contributed by atoms with Gasteiger partial charge in [0.05, 0.1) is 0 Å². The summed E-state index contributed by atoms with van der Waals surface area (Å²) >= 11 is 0. The van der Waals surface area contributed by atoms with E-state index in [0.29, 0.717) is 5.92 Å². The van der Waals surface area contributed by atoms with Crippen molar-refractivity contribution in [3.05, 3.63) is 0 Å². The molecule has 0 saturated carbocycles. The molecule has 2 rings (SSSR count). The summed E-state index contributed by atoms with van der Waals surface area (Å²) in [6.45, 7) is 12.2. The first-order valence-electron chi connectivity index (χ1n) is 8.87. The fourth-order valence-corrected chi connectivity index (χ4v) is 3.44. The lowest BCUT2D eigenvalue weighted by molar-refractivity contribution is -0.124. The van der Waals surface area contributed by atoms with Crippen molar-refractivity contribution >= 4 is 5.91 Å². The van der Waals surface area contributed by atoms with E-state index in [9.17, 15) is 4.79 Å². The van der Waals surface area contributed by atoms with Crippen LogP contribution in [0, 0.1) is 11.8 Å². The van der Waals surface area contributed by atoms with Crippen LogP contribution in [0.25, 0.3) is 0 Å². The van der Waals surface area contributed by atoms with Gasteiger partial charge in [-0.3, -0.25) is 4.79 Å². The second-order valence-corrected chi connectivity index (χ2v) is 7.11. The average Bonchev–Trinajstić information content (AvgIpc) is 2.52. The zero-order valence-corrected chi connectivity index (χ0v) is 13.9. The second-order valence-electron chi connectivity index (χ2n) is 7.11. The molecule has 21 heavy (non-hydrogen) atoms. The first-order chi connectivity index (χ1) is 10.1. The van der Waals surface area contributed by atoms with Crippen LogP contribution in [0.4, 0.5) is 0 Å². The summed E-state index contributed by atoms with van der Waals surface area (Å²) in [6.07, 6.45) is 6.71. The molecule has 2 fully saturated rings. The molecular formula is C17H33N3O. The number of rotatable bonds is 6. The molecule has 0 aromatic heterocycles. The van der Waals surface area contributed by atoms with E-state index in [2.05, 4.69) is 15.1 Å². The van der Waals surface area contributed by atoms with Crippen LogP contribution in [0.5, 0.6) is 0 Å². The lowest BCUT2D eigenvalue weighted by atomic mass is 9.97. The van der Waals surface area contributed by atoms with Crippen molar-refractivity contribution in [2.75, 3.05) is 45.8 Å². The van der Waals surface area contributed by atoms with Gasteiger partial charge in [0, 0.05) is 32.1 Å². The molecule has 122 valence electrons. The lowest BCUT2D eigenvalue weighted by Crippen LogP contribution is -2.45. The third kappa shape index (κ3) is 5.95. The zero-order valence-electron chi connectivity index (χ0n) is 13.9. The number of nitrogens with one attached hydrogen (secondary N) is 1. The molecule has 2 aliphatic rings. The number of amides is 1. The molecule has 0 aromatic carbocycles. The Bertz CT molecular complexity index is 313. The topological polar surface area (TPSA) is 35.6 Å². The Balaban J connectivity index is 1.64. The van der Waals surface area contributed by atoms with Crippen LogP contribution < -0.4 is 5.32 Å². The normalized spacial score (nSPS) is 25.2. The summed E-state index contributed by atoms with van der Waals surface area (Å²) in [7, 11) is 0. The molecule has 1 unspecified atom stereocenters. The molecule has 1 amide bonds. The van der Waals surface area contributed by atoms with Gasteiger partial charge in [-0.15, -0.1) is 0 Å². The number of nitrogens with zero attached hydrogens (tertiary/aromatic N) is 2. The number of carbonyl (C=O) groups excluding carboxylic acids is 1. The molecule has 2 heterocycles. The van der Waals surface area contributed by atoms with Gasteiger partial charge in [0.2, 0.25) is 5.91 Å². The van der Waals surface area contributed by atoms with E-state index in [-0.39, 0.29) is 11.8 Å². The first kappa shape index (κ1) is 16.8. The van der Waals surface area contributed by atoms with Crippen LogP contribution in [0.2, 0.25) is 0 Å². The molecule has 0 aromatic rings. The molecule has 4 heteroatoms. The van der Waals surface area contributed by atoms with Crippen LogP contribution >= 0.6 is 0 Å². The van der Waals surface area contributed by atoms with Crippen LogP contribution in [-0.4, -0.2) is 61.5 Å². The maximum atomic E-state index is 11.7. The Labute approximate surface area is 130 Å². The van der Waals surface area contributed by atoms with E-state index < -0.39 is 0 Å². The predicted octanol–water partition coefficient (Wildman–Crippen LogP) is 1.96. The van der Waals surface area contributed by atoms with Gasteiger partial charge < -0.3 is 15.1 Å². The fourth-order valence-electron chi connectivity index (χ4n) is 3.44. The number of piperidine rings is 2. The Hall–Kier alpha value is -0.610. The first-order valence-corrected chi connectivity index (χ1v) is 8.87. The average molecular weight is 295 g/mol. The van der Waals surface area contributed by atoms with Crippen molar-refractivity contribution in [2.45, 2.75) is 46.0 Å². The second kappa shape index (κ2) is 8.74. The van der Waals surface area contributed by atoms with Crippen molar-refractivity contribution in [2.24, 2.45) is 11.8 Å². The quantitative estimate of drug-likeness (QED) is 0.813. The highest BCUT2D eigenvalue weighted by Gasteiger charge is 2.21. The van der Waals surface area contributed by atoms with Crippen molar-refractivity contribution < 1.29 is 4.79 Å². The molecule has 4 nitrogen and oxygen atoms in total. The van der Waals surface area contributed by atoms with Crippen LogP contribution in [0.1, 0.15) is 46.0 Å². The van der Waals surface area contributed by atoms with Gasteiger partial charge in [0.15, 0.2) is 0 Å². The van der Waals surface area contributed by atoms with Crippen molar-refractivity contribution in [3.8, 4) is 0 Å². The summed E-state index contributed by atoms with van der Waals surface area (Å²) in [5.74, 6) is 0.937. The van der Waals surface area contributed by atoms with Gasteiger partial charge in [-0.05, 0) is 51.2 Å². The maximum absolute atomic E-state index is 11.7. The Kier molecular flexibility index (Phi) is 6.97.